The molecule has 4 heteroatoms. The molecule has 1 aliphatic heterocycles. The number of nitrogens with zero attached hydrogens (tertiary/aromatic N) is 1. The molecule has 0 aromatic carbocycles. The van der Waals surface area contributed by atoms with Gasteiger partial charge in [-0.05, 0) is 11.6 Å². The third-order valence-electron chi connectivity index (χ3n) is 2.22. The first-order chi connectivity index (χ1) is 6.38. The van der Waals surface area contributed by atoms with E-state index in [1.165, 1.54) is 0 Å². The Morgan fingerprint density at radius 3 is 3.08 bits per heavy atom. The van der Waals surface area contributed by atoms with Crippen molar-refractivity contribution in [2.75, 3.05) is 19.6 Å². The first-order valence-electron chi connectivity index (χ1n) is 4.41. The highest BCUT2D eigenvalue weighted by Gasteiger charge is 2.16. The number of piperazine rings is 1. The highest BCUT2D eigenvalue weighted by Crippen LogP contribution is 2.21. The molecular formula is C9H12ClN3. The van der Waals surface area contributed by atoms with Crippen LogP contribution in [0, 0.1) is 0 Å². The lowest BCUT2D eigenvalue weighted by Gasteiger charge is -2.25. The number of hydrogen-bond acceptors (Lipinski definition) is 3. The smallest absolute Gasteiger partial charge is 0.0637 e. The molecule has 0 amide bonds. The van der Waals surface area contributed by atoms with Gasteiger partial charge in [0.25, 0.3) is 0 Å². The second-order valence-corrected chi connectivity index (χ2v) is 3.52. The predicted molar refractivity (Wildman–Crippen MR) is 52.9 cm³/mol. The van der Waals surface area contributed by atoms with Crippen LogP contribution in [-0.4, -0.2) is 24.6 Å². The van der Waals surface area contributed by atoms with Crippen molar-refractivity contribution in [2.45, 2.75) is 6.04 Å². The molecule has 3 nitrogen and oxygen atoms in total. The Labute approximate surface area is 82.5 Å². The van der Waals surface area contributed by atoms with Gasteiger partial charge in [-0.1, -0.05) is 11.6 Å². The predicted octanol–water partition coefficient (Wildman–Crippen LogP) is 0.969. The lowest BCUT2D eigenvalue weighted by molar-refractivity contribution is 0.430. The molecule has 2 rings (SSSR count). The number of halogens is 1. The van der Waals surface area contributed by atoms with E-state index in [2.05, 4.69) is 15.6 Å². The first kappa shape index (κ1) is 8.94. The lowest BCUT2D eigenvalue weighted by Crippen LogP contribution is -2.42. The largest absolute Gasteiger partial charge is 0.314 e. The number of pyridine rings is 1. The third kappa shape index (κ3) is 1.99. The summed E-state index contributed by atoms with van der Waals surface area (Å²) >= 11 is 6.03. The fourth-order valence-corrected chi connectivity index (χ4v) is 1.79. The quantitative estimate of drug-likeness (QED) is 0.705. The molecule has 0 saturated carbocycles. The average Bonchev–Trinajstić information content (AvgIpc) is 2.20. The molecule has 1 aliphatic rings. The van der Waals surface area contributed by atoms with Crippen LogP contribution in [0.4, 0.5) is 0 Å². The molecule has 1 aromatic rings. The van der Waals surface area contributed by atoms with Crippen molar-refractivity contribution in [3.63, 3.8) is 0 Å². The molecule has 1 atom stereocenters. The minimum atomic E-state index is 0.323. The molecular weight excluding hydrogens is 186 g/mol. The average molecular weight is 198 g/mol. The van der Waals surface area contributed by atoms with Crippen molar-refractivity contribution in [3.8, 4) is 0 Å². The van der Waals surface area contributed by atoms with Gasteiger partial charge in [-0.3, -0.25) is 4.98 Å². The molecule has 70 valence electrons. The maximum atomic E-state index is 6.03. The minimum Gasteiger partial charge on any atom is -0.314 e. The SMILES string of the molecule is Clc1cnccc1C1CNCCN1. The third-order valence-corrected chi connectivity index (χ3v) is 2.54. The summed E-state index contributed by atoms with van der Waals surface area (Å²) in [6, 6.07) is 2.29. The van der Waals surface area contributed by atoms with E-state index in [-0.39, 0.29) is 0 Å². The van der Waals surface area contributed by atoms with Crippen molar-refractivity contribution in [1.82, 2.24) is 15.6 Å². The maximum absolute atomic E-state index is 6.03. The summed E-state index contributed by atoms with van der Waals surface area (Å²) in [5.74, 6) is 0. The molecule has 2 N–H and O–H groups in total. The van der Waals surface area contributed by atoms with Crippen LogP contribution in [0.2, 0.25) is 5.02 Å². The van der Waals surface area contributed by atoms with Crippen molar-refractivity contribution < 1.29 is 0 Å². The molecule has 1 aromatic heterocycles. The van der Waals surface area contributed by atoms with E-state index in [4.69, 9.17) is 11.6 Å². The summed E-state index contributed by atoms with van der Waals surface area (Å²) in [4.78, 5) is 3.96. The zero-order chi connectivity index (χ0) is 9.10. The molecule has 1 unspecified atom stereocenters. The molecule has 0 radical (unpaired) electrons. The van der Waals surface area contributed by atoms with Crippen LogP contribution in [0.15, 0.2) is 18.5 Å². The number of hydrogen-bond donors (Lipinski definition) is 2. The minimum absolute atomic E-state index is 0.323. The van der Waals surface area contributed by atoms with E-state index in [0.29, 0.717) is 6.04 Å². The highest BCUT2D eigenvalue weighted by molar-refractivity contribution is 6.31. The van der Waals surface area contributed by atoms with Gasteiger partial charge in [0, 0.05) is 38.1 Å². The first-order valence-corrected chi connectivity index (χ1v) is 4.79. The van der Waals surface area contributed by atoms with Crippen molar-refractivity contribution in [3.05, 3.63) is 29.0 Å². The summed E-state index contributed by atoms with van der Waals surface area (Å²) in [6.07, 6.45) is 3.46. The van der Waals surface area contributed by atoms with E-state index in [0.717, 1.165) is 30.2 Å². The molecule has 13 heavy (non-hydrogen) atoms. The van der Waals surface area contributed by atoms with Crippen LogP contribution in [0.25, 0.3) is 0 Å². The van der Waals surface area contributed by atoms with Gasteiger partial charge in [0.15, 0.2) is 0 Å². The van der Waals surface area contributed by atoms with Crippen LogP contribution in [0.1, 0.15) is 11.6 Å². The summed E-state index contributed by atoms with van der Waals surface area (Å²) in [6.45, 7) is 2.95. The Morgan fingerprint density at radius 1 is 1.46 bits per heavy atom. The number of aromatic nitrogens is 1. The van der Waals surface area contributed by atoms with Crippen molar-refractivity contribution >= 4 is 11.6 Å². The normalized spacial score (nSPS) is 23.0. The van der Waals surface area contributed by atoms with Crippen LogP contribution in [0.3, 0.4) is 0 Å². The van der Waals surface area contributed by atoms with Gasteiger partial charge >= 0.3 is 0 Å². The zero-order valence-electron chi connectivity index (χ0n) is 7.26. The lowest BCUT2D eigenvalue weighted by atomic mass is 10.1. The molecule has 0 bridgehead atoms. The highest BCUT2D eigenvalue weighted by atomic mass is 35.5. The maximum Gasteiger partial charge on any atom is 0.0637 e. The summed E-state index contributed by atoms with van der Waals surface area (Å²) in [5.41, 5.74) is 1.13. The second-order valence-electron chi connectivity index (χ2n) is 3.11. The van der Waals surface area contributed by atoms with Crippen molar-refractivity contribution in [1.29, 1.82) is 0 Å². The van der Waals surface area contributed by atoms with Crippen LogP contribution >= 0.6 is 11.6 Å². The van der Waals surface area contributed by atoms with Crippen LogP contribution in [0.5, 0.6) is 0 Å². The Balaban J connectivity index is 2.18. The Morgan fingerprint density at radius 2 is 2.38 bits per heavy atom. The molecule has 1 saturated heterocycles. The Kier molecular flexibility index (Phi) is 2.78. The van der Waals surface area contributed by atoms with Gasteiger partial charge in [0.2, 0.25) is 0 Å². The van der Waals surface area contributed by atoms with Crippen LogP contribution in [-0.2, 0) is 0 Å². The van der Waals surface area contributed by atoms with Gasteiger partial charge < -0.3 is 10.6 Å². The zero-order valence-corrected chi connectivity index (χ0v) is 8.01. The number of nitrogens with one attached hydrogen (secondary N) is 2. The van der Waals surface area contributed by atoms with E-state index < -0.39 is 0 Å². The molecule has 0 aliphatic carbocycles. The molecule has 2 heterocycles. The Bertz CT molecular complexity index is 284. The monoisotopic (exact) mass is 197 g/mol. The van der Waals surface area contributed by atoms with E-state index in [1.807, 2.05) is 6.07 Å². The van der Waals surface area contributed by atoms with Gasteiger partial charge in [0.1, 0.15) is 0 Å². The summed E-state index contributed by atoms with van der Waals surface area (Å²) in [5, 5.41) is 7.46. The van der Waals surface area contributed by atoms with Crippen molar-refractivity contribution in [2.24, 2.45) is 0 Å². The van der Waals surface area contributed by atoms with E-state index >= 15 is 0 Å². The Hall–Kier alpha value is -0.640. The summed E-state index contributed by atoms with van der Waals surface area (Å²) < 4.78 is 0. The van der Waals surface area contributed by atoms with Crippen LogP contribution < -0.4 is 10.6 Å². The van der Waals surface area contributed by atoms with Gasteiger partial charge in [-0.15, -0.1) is 0 Å². The molecule has 1 fully saturated rings. The topological polar surface area (TPSA) is 37.0 Å². The molecule has 0 spiro atoms. The fourth-order valence-electron chi connectivity index (χ4n) is 1.54. The standard InChI is InChI=1S/C9H12ClN3/c10-8-5-11-2-1-7(8)9-6-12-3-4-13-9/h1-2,5,9,12-13H,3-4,6H2. The second kappa shape index (κ2) is 4.05. The van der Waals surface area contributed by atoms with E-state index in [1.54, 1.807) is 12.4 Å². The van der Waals surface area contributed by atoms with Gasteiger partial charge in [0.05, 0.1) is 5.02 Å². The number of rotatable bonds is 1. The van der Waals surface area contributed by atoms with Gasteiger partial charge in [-0.25, -0.2) is 0 Å². The van der Waals surface area contributed by atoms with Gasteiger partial charge in [-0.2, -0.15) is 0 Å². The van der Waals surface area contributed by atoms with E-state index in [9.17, 15) is 0 Å². The fraction of sp³-hybridized carbons (Fsp3) is 0.444. The summed E-state index contributed by atoms with van der Waals surface area (Å²) in [7, 11) is 0.